The number of nitrogens with zero attached hydrogens (tertiary/aromatic N) is 3. The number of fused-ring (bicyclic) bond motifs is 1. The van der Waals surface area contributed by atoms with E-state index in [1.165, 1.54) is 4.90 Å². The second-order valence-electron chi connectivity index (χ2n) is 8.45. The molecule has 37 heavy (non-hydrogen) atoms. The Balaban J connectivity index is 2.30. The predicted molar refractivity (Wildman–Crippen MR) is 128 cm³/mol. The summed E-state index contributed by atoms with van der Waals surface area (Å²) in [7, 11) is 0. The van der Waals surface area contributed by atoms with E-state index in [1.54, 1.807) is 12.3 Å². The second kappa shape index (κ2) is 13.9. The number of hydrogen-bond donors (Lipinski definition) is 6. The maximum Gasteiger partial charge on any atom is 0.321 e. The van der Waals surface area contributed by atoms with E-state index in [9.17, 15) is 29.1 Å². The van der Waals surface area contributed by atoms with Gasteiger partial charge in [-0.25, -0.2) is 0 Å². The quantitative estimate of drug-likeness (QED) is 0.145. The number of carboxylic acids is 5. The molecule has 2 rings (SSSR count). The van der Waals surface area contributed by atoms with Crippen molar-refractivity contribution in [1.29, 1.82) is 0 Å². The monoisotopic (exact) mass is 522 g/mol. The molecule has 1 aromatic carbocycles. The molecule has 1 aromatic heterocycles. The lowest BCUT2D eigenvalue weighted by Crippen LogP contribution is -2.50. The highest BCUT2D eigenvalue weighted by atomic mass is 16.4. The molecule has 1 heterocycles. The number of benzene rings is 1. The molecular weight excluding hydrogens is 492 g/mol. The molecule has 1 atom stereocenters. The van der Waals surface area contributed by atoms with E-state index < -0.39 is 62.1 Å². The van der Waals surface area contributed by atoms with Crippen LogP contribution in [0.15, 0.2) is 30.5 Å². The molecular formula is C23H30N4O10. The molecule has 14 heteroatoms. The van der Waals surface area contributed by atoms with E-state index in [-0.39, 0.29) is 32.6 Å². The van der Waals surface area contributed by atoms with Crippen molar-refractivity contribution >= 4 is 40.7 Å². The largest absolute Gasteiger partial charge is 0.480 e. The first-order valence-corrected chi connectivity index (χ1v) is 11.3. The number of aromatic nitrogens is 1. The van der Waals surface area contributed by atoms with Crippen molar-refractivity contribution in [3.63, 3.8) is 0 Å². The summed E-state index contributed by atoms with van der Waals surface area (Å²) < 4.78 is 0. The van der Waals surface area contributed by atoms with Crippen LogP contribution in [0, 0.1) is 0 Å². The molecule has 0 spiro atoms. The Kier molecular flexibility index (Phi) is 11.0. The first-order valence-electron chi connectivity index (χ1n) is 11.3. The zero-order chi connectivity index (χ0) is 27.5. The number of aromatic amines is 1. The van der Waals surface area contributed by atoms with Gasteiger partial charge in [0, 0.05) is 49.7 Å². The summed E-state index contributed by atoms with van der Waals surface area (Å²) >= 11 is 0. The van der Waals surface area contributed by atoms with Crippen LogP contribution in [0.3, 0.4) is 0 Å². The topological polar surface area (TPSA) is 212 Å². The summed E-state index contributed by atoms with van der Waals surface area (Å²) in [6.07, 6.45) is 1.72. The Labute approximate surface area is 211 Å². The maximum absolute atomic E-state index is 12.3. The van der Waals surface area contributed by atoms with Crippen LogP contribution in [-0.4, -0.2) is 133 Å². The van der Waals surface area contributed by atoms with Gasteiger partial charge in [0.25, 0.3) is 0 Å². The van der Waals surface area contributed by atoms with E-state index in [0.29, 0.717) is 5.56 Å². The van der Waals surface area contributed by atoms with Gasteiger partial charge in [-0.1, -0.05) is 18.2 Å². The zero-order valence-corrected chi connectivity index (χ0v) is 19.9. The normalized spacial score (nSPS) is 12.3. The van der Waals surface area contributed by atoms with Crippen molar-refractivity contribution in [2.24, 2.45) is 0 Å². The second-order valence-corrected chi connectivity index (χ2v) is 8.45. The minimum Gasteiger partial charge on any atom is -0.480 e. The molecule has 6 N–H and O–H groups in total. The van der Waals surface area contributed by atoms with Crippen LogP contribution >= 0.6 is 0 Å². The van der Waals surface area contributed by atoms with Gasteiger partial charge in [-0.05, 0) is 11.6 Å². The van der Waals surface area contributed by atoms with Gasteiger partial charge in [0.1, 0.15) is 6.04 Å². The summed E-state index contributed by atoms with van der Waals surface area (Å²) in [5, 5.41) is 47.3. The molecule has 0 aliphatic carbocycles. The summed E-state index contributed by atoms with van der Waals surface area (Å²) in [5.41, 5.74) is 1.50. The number of carbonyl (C=O) groups is 5. The number of hydrogen-bond acceptors (Lipinski definition) is 8. The Morgan fingerprint density at radius 3 is 1.59 bits per heavy atom. The fourth-order valence-corrected chi connectivity index (χ4v) is 4.04. The molecule has 0 bridgehead atoms. The van der Waals surface area contributed by atoms with Crippen LogP contribution in [-0.2, 0) is 30.4 Å². The van der Waals surface area contributed by atoms with Gasteiger partial charge in [-0.3, -0.25) is 38.7 Å². The Hall–Kier alpha value is -4.01. The summed E-state index contributed by atoms with van der Waals surface area (Å²) in [4.78, 5) is 63.8. The lowest BCUT2D eigenvalue weighted by atomic mass is 10.0. The van der Waals surface area contributed by atoms with Gasteiger partial charge >= 0.3 is 29.8 Å². The molecule has 0 aliphatic heterocycles. The first-order chi connectivity index (χ1) is 17.5. The summed E-state index contributed by atoms with van der Waals surface area (Å²) in [6, 6.07) is 6.14. The smallest absolute Gasteiger partial charge is 0.321 e. The SMILES string of the molecule is O=C(O)CN(CCN(CCN(CC(=O)O)CC(=O)O)C(Cc1c[nH]c2ccccc12)C(=O)O)CC(=O)O. The third kappa shape index (κ3) is 9.87. The van der Waals surface area contributed by atoms with Gasteiger partial charge in [0.15, 0.2) is 0 Å². The molecule has 14 nitrogen and oxygen atoms in total. The van der Waals surface area contributed by atoms with Gasteiger partial charge in [0.2, 0.25) is 0 Å². The lowest BCUT2D eigenvalue weighted by Gasteiger charge is -2.32. The molecule has 0 amide bonds. The zero-order valence-electron chi connectivity index (χ0n) is 19.9. The van der Waals surface area contributed by atoms with Crippen molar-refractivity contribution in [1.82, 2.24) is 19.7 Å². The number of nitrogens with one attached hydrogen (secondary N) is 1. The molecule has 0 saturated heterocycles. The predicted octanol–water partition coefficient (Wildman–Crippen LogP) is -0.592. The van der Waals surface area contributed by atoms with Crippen molar-refractivity contribution in [3.05, 3.63) is 36.0 Å². The number of aliphatic carboxylic acids is 5. The van der Waals surface area contributed by atoms with Crippen molar-refractivity contribution in [2.45, 2.75) is 12.5 Å². The molecule has 2 aromatic rings. The van der Waals surface area contributed by atoms with Crippen LogP contribution in [0.25, 0.3) is 10.9 Å². The Bertz CT molecular complexity index is 1050. The Morgan fingerprint density at radius 2 is 1.16 bits per heavy atom. The van der Waals surface area contributed by atoms with Crippen LogP contribution in [0.4, 0.5) is 0 Å². The number of para-hydroxylation sites is 1. The number of rotatable bonds is 18. The summed E-state index contributed by atoms with van der Waals surface area (Å²) in [5.74, 6) is -6.21. The maximum atomic E-state index is 12.3. The number of H-pyrrole nitrogens is 1. The fourth-order valence-electron chi connectivity index (χ4n) is 4.04. The molecule has 0 saturated carbocycles. The van der Waals surface area contributed by atoms with Crippen molar-refractivity contribution < 1.29 is 49.5 Å². The third-order valence-corrected chi connectivity index (χ3v) is 5.66. The van der Waals surface area contributed by atoms with Gasteiger partial charge in [0.05, 0.1) is 26.2 Å². The first kappa shape index (κ1) is 29.2. The van der Waals surface area contributed by atoms with Crippen molar-refractivity contribution in [3.8, 4) is 0 Å². The average molecular weight is 523 g/mol. The third-order valence-electron chi connectivity index (χ3n) is 5.66. The molecule has 202 valence electrons. The van der Waals surface area contributed by atoms with Crippen molar-refractivity contribution in [2.75, 3.05) is 52.4 Å². The minimum absolute atomic E-state index is 0.0368. The average Bonchev–Trinajstić information content (AvgIpc) is 3.19. The Morgan fingerprint density at radius 1 is 0.703 bits per heavy atom. The fraction of sp³-hybridized carbons (Fsp3) is 0.435. The van der Waals surface area contributed by atoms with Gasteiger partial charge in [-0.2, -0.15) is 0 Å². The van der Waals surface area contributed by atoms with Crippen LogP contribution in [0.2, 0.25) is 0 Å². The van der Waals surface area contributed by atoms with Gasteiger partial charge in [-0.15, -0.1) is 0 Å². The highest BCUT2D eigenvalue weighted by Crippen LogP contribution is 2.21. The standard InChI is InChI=1S/C23H30N4O10/c28-19(29)11-25(12-20(30)31)5-7-27(8-6-26(13-21(32)33)14-22(34)35)18(23(36)37)9-15-10-24-17-4-2-1-3-16(15)17/h1-4,10,18,24H,5-9,11-14H2,(H,28,29)(H,30,31)(H,32,33)(H,34,35)(H,36,37). The van der Waals surface area contributed by atoms with Gasteiger partial charge < -0.3 is 30.5 Å². The van der Waals surface area contributed by atoms with E-state index >= 15 is 0 Å². The molecule has 0 aliphatic rings. The van der Waals surface area contributed by atoms with E-state index in [2.05, 4.69) is 4.98 Å². The minimum atomic E-state index is -1.25. The van der Waals surface area contributed by atoms with E-state index in [4.69, 9.17) is 20.4 Å². The van der Waals surface area contributed by atoms with Crippen LogP contribution in [0.1, 0.15) is 5.56 Å². The highest BCUT2D eigenvalue weighted by molar-refractivity contribution is 5.84. The van der Waals surface area contributed by atoms with Crippen LogP contribution in [0.5, 0.6) is 0 Å². The molecule has 1 unspecified atom stereocenters. The molecule has 0 radical (unpaired) electrons. The molecule has 0 fully saturated rings. The lowest BCUT2D eigenvalue weighted by molar-refractivity contribution is -0.146. The number of carboxylic acid groups (broad SMARTS) is 5. The van der Waals surface area contributed by atoms with E-state index in [0.717, 1.165) is 20.7 Å². The van der Waals surface area contributed by atoms with E-state index in [1.807, 2.05) is 18.2 Å². The van der Waals surface area contributed by atoms with Crippen LogP contribution < -0.4 is 0 Å². The highest BCUT2D eigenvalue weighted by Gasteiger charge is 2.28. The summed E-state index contributed by atoms with van der Waals surface area (Å²) in [6.45, 7) is -2.64.